The highest BCUT2D eigenvalue weighted by Gasteiger charge is 2.29. The zero-order valence-corrected chi connectivity index (χ0v) is 21.5. The van der Waals surface area contributed by atoms with Crippen LogP contribution in [-0.4, -0.2) is 25.4 Å². The fourth-order valence-electron chi connectivity index (χ4n) is 3.23. The lowest BCUT2D eigenvalue weighted by atomic mass is 9.86. The Hall–Kier alpha value is -2.55. The number of benzene rings is 2. The molecule has 6 nitrogen and oxygen atoms in total. The van der Waals surface area contributed by atoms with E-state index in [2.05, 4.69) is 47.9 Å². The number of aromatic nitrogens is 1. The zero-order chi connectivity index (χ0) is 24.4. The molecule has 1 amide bonds. The summed E-state index contributed by atoms with van der Waals surface area (Å²) in [5.41, 5.74) is 3.98. The molecule has 2 N–H and O–H groups in total. The predicted molar refractivity (Wildman–Crippen MR) is 135 cm³/mol. The molecule has 1 aromatic heterocycles. The summed E-state index contributed by atoms with van der Waals surface area (Å²) in [6.07, 6.45) is 0. The van der Waals surface area contributed by atoms with Crippen LogP contribution in [0.15, 0.2) is 58.8 Å². The molecule has 3 rings (SSSR count). The molecule has 1 unspecified atom stereocenters. The number of thiazole rings is 1. The van der Waals surface area contributed by atoms with Crippen LogP contribution in [0.1, 0.15) is 45.7 Å². The number of hydrogen-bond donors (Lipinski definition) is 2. The van der Waals surface area contributed by atoms with E-state index in [-0.39, 0.29) is 16.2 Å². The summed E-state index contributed by atoms with van der Waals surface area (Å²) in [5, 5.41) is 5.08. The number of aryl methyl sites for hydroxylation is 1. The van der Waals surface area contributed by atoms with Gasteiger partial charge in [0.1, 0.15) is 6.04 Å². The lowest BCUT2D eigenvalue weighted by Crippen LogP contribution is -2.47. The maximum Gasteiger partial charge on any atom is 0.244 e. The molecule has 0 aliphatic heterocycles. The van der Waals surface area contributed by atoms with E-state index < -0.39 is 22.0 Å². The second-order valence-electron chi connectivity index (χ2n) is 9.51. The number of carbonyl (C=O) groups excluding carboxylic acids is 1. The van der Waals surface area contributed by atoms with Crippen molar-refractivity contribution in [1.82, 2.24) is 9.71 Å². The Balaban J connectivity index is 1.74. The number of nitrogens with one attached hydrogen (secondary N) is 2. The van der Waals surface area contributed by atoms with Gasteiger partial charge in [0.05, 0.1) is 10.6 Å². The minimum Gasteiger partial charge on any atom is -0.301 e. The quantitative estimate of drug-likeness (QED) is 0.472. The summed E-state index contributed by atoms with van der Waals surface area (Å²) in [5.74, 6) is -0.695. The smallest absolute Gasteiger partial charge is 0.244 e. The normalized spacial score (nSPS) is 13.2. The van der Waals surface area contributed by atoms with Crippen LogP contribution in [0.25, 0.3) is 11.3 Å². The SMILES string of the molecule is Cc1ccc(S(=O)(=O)NC(C(=O)Nc2nc(-c3ccc(C(C)(C)C)cc3)cs2)C(C)C)cc1. The molecule has 1 atom stereocenters. The third kappa shape index (κ3) is 6.28. The molecule has 33 heavy (non-hydrogen) atoms. The van der Waals surface area contributed by atoms with E-state index in [9.17, 15) is 13.2 Å². The van der Waals surface area contributed by atoms with Gasteiger partial charge < -0.3 is 5.32 Å². The second-order valence-corrected chi connectivity index (χ2v) is 12.1. The highest BCUT2D eigenvalue weighted by Crippen LogP contribution is 2.28. The lowest BCUT2D eigenvalue weighted by molar-refractivity contribution is -0.118. The zero-order valence-electron chi connectivity index (χ0n) is 19.8. The minimum atomic E-state index is -3.84. The van der Waals surface area contributed by atoms with E-state index in [1.54, 1.807) is 26.0 Å². The molecule has 0 spiro atoms. The van der Waals surface area contributed by atoms with Crippen molar-refractivity contribution in [2.75, 3.05) is 5.32 Å². The van der Waals surface area contributed by atoms with Crippen LogP contribution >= 0.6 is 11.3 Å². The van der Waals surface area contributed by atoms with Crippen molar-refractivity contribution in [2.24, 2.45) is 5.92 Å². The largest absolute Gasteiger partial charge is 0.301 e. The summed E-state index contributed by atoms with van der Waals surface area (Å²) in [7, 11) is -3.84. The van der Waals surface area contributed by atoms with Gasteiger partial charge in [-0.25, -0.2) is 13.4 Å². The van der Waals surface area contributed by atoms with Gasteiger partial charge in [-0.15, -0.1) is 11.3 Å². The van der Waals surface area contributed by atoms with Gasteiger partial charge in [-0.2, -0.15) is 4.72 Å². The van der Waals surface area contributed by atoms with E-state index in [1.165, 1.54) is 29.0 Å². The van der Waals surface area contributed by atoms with Crippen molar-refractivity contribution in [3.05, 3.63) is 65.0 Å². The molecule has 0 aliphatic carbocycles. The van der Waals surface area contributed by atoms with Gasteiger partial charge in [-0.05, 0) is 36.0 Å². The number of sulfonamides is 1. The Morgan fingerprint density at radius 2 is 1.61 bits per heavy atom. The van der Waals surface area contributed by atoms with Crippen molar-refractivity contribution < 1.29 is 13.2 Å². The first-order chi connectivity index (χ1) is 15.4. The van der Waals surface area contributed by atoms with Gasteiger partial charge in [0.2, 0.25) is 15.9 Å². The fourth-order valence-corrected chi connectivity index (χ4v) is 5.30. The lowest BCUT2D eigenvalue weighted by Gasteiger charge is -2.21. The minimum absolute atomic E-state index is 0.0670. The van der Waals surface area contributed by atoms with Gasteiger partial charge in [0, 0.05) is 10.9 Å². The molecule has 0 bridgehead atoms. The summed E-state index contributed by atoms with van der Waals surface area (Å²) < 4.78 is 28.1. The third-order valence-electron chi connectivity index (χ3n) is 5.34. The maximum absolute atomic E-state index is 12.9. The van der Waals surface area contributed by atoms with Gasteiger partial charge in [0.25, 0.3) is 0 Å². The van der Waals surface area contributed by atoms with E-state index in [1.807, 2.05) is 24.4 Å². The topological polar surface area (TPSA) is 88.2 Å². The molecule has 2 aromatic carbocycles. The van der Waals surface area contributed by atoms with Crippen LogP contribution in [0, 0.1) is 12.8 Å². The number of rotatable bonds is 7. The molecule has 0 saturated heterocycles. The number of hydrogen-bond acceptors (Lipinski definition) is 5. The highest BCUT2D eigenvalue weighted by atomic mass is 32.2. The van der Waals surface area contributed by atoms with Crippen LogP contribution in [0.3, 0.4) is 0 Å². The van der Waals surface area contributed by atoms with Crippen LogP contribution in [0.4, 0.5) is 5.13 Å². The van der Waals surface area contributed by atoms with E-state index in [4.69, 9.17) is 0 Å². The van der Waals surface area contributed by atoms with Gasteiger partial charge >= 0.3 is 0 Å². The molecule has 8 heteroatoms. The average Bonchev–Trinajstić information content (AvgIpc) is 3.20. The molecule has 0 saturated carbocycles. The number of nitrogens with zero attached hydrogens (tertiary/aromatic N) is 1. The van der Waals surface area contributed by atoms with E-state index in [0.29, 0.717) is 5.13 Å². The molecular formula is C25H31N3O3S2. The van der Waals surface area contributed by atoms with Crippen molar-refractivity contribution in [1.29, 1.82) is 0 Å². The van der Waals surface area contributed by atoms with Crippen molar-refractivity contribution >= 4 is 32.4 Å². The monoisotopic (exact) mass is 485 g/mol. The summed E-state index contributed by atoms with van der Waals surface area (Å²) in [4.78, 5) is 17.6. The Morgan fingerprint density at radius 1 is 1.00 bits per heavy atom. The molecular weight excluding hydrogens is 454 g/mol. The standard InChI is InChI=1S/C25H31N3O3S2/c1-16(2)22(28-33(30,31)20-13-7-17(3)8-14-20)23(29)27-24-26-21(15-32-24)18-9-11-19(12-10-18)25(4,5)6/h7-16,22,28H,1-6H3,(H,26,27,29). The first-order valence-electron chi connectivity index (χ1n) is 10.8. The van der Waals surface area contributed by atoms with Gasteiger partial charge in [-0.1, -0.05) is 76.6 Å². The van der Waals surface area contributed by atoms with Gasteiger partial charge in [-0.3, -0.25) is 4.79 Å². The Morgan fingerprint density at radius 3 is 2.15 bits per heavy atom. The molecule has 0 radical (unpaired) electrons. The molecule has 0 aliphatic rings. The summed E-state index contributed by atoms with van der Waals surface area (Å²) in [6.45, 7) is 12.0. The summed E-state index contributed by atoms with van der Waals surface area (Å²) >= 11 is 1.31. The number of carbonyl (C=O) groups is 1. The van der Waals surface area contributed by atoms with Crippen LogP contribution in [0.5, 0.6) is 0 Å². The first-order valence-corrected chi connectivity index (χ1v) is 13.2. The van der Waals surface area contributed by atoms with Crippen molar-refractivity contribution in [3.8, 4) is 11.3 Å². The van der Waals surface area contributed by atoms with Gasteiger partial charge in [0.15, 0.2) is 5.13 Å². The predicted octanol–water partition coefficient (Wildman–Crippen LogP) is 5.36. The summed E-state index contributed by atoms with van der Waals surface area (Å²) in [6, 6.07) is 13.8. The van der Waals surface area contributed by atoms with E-state index in [0.717, 1.165) is 16.8 Å². The second kappa shape index (κ2) is 9.75. The van der Waals surface area contributed by atoms with Crippen LogP contribution < -0.4 is 10.0 Å². The van der Waals surface area contributed by atoms with Crippen molar-refractivity contribution in [2.45, 2.75) is 57.9 Å². The molecule has 176 valence electrons. The van der Waals surface area contributed by atoms with E-state index >= 15 is 0 Å². The third-order valence-corrected chi connectivity index (χ3v) is 7.56. The molecule has 0 fully saturated rings. The average molecular weight is 486 g/mol. The Bertz CT molecular complexity index is 1210. The fraction of sp³-hybridized carbons (Fsp3) is 0.360. The van der Waals surface area contributed by atoms with Crippen molar-refractivity contribution in [3.63, 3.8) is 0 Å². The first kappa shape index (κ1) is 25.1. The Kier molecular flexibility index (Phi) is 7.41. The molecule has 3 aromatic rings. The highest BCUT2D eigenvalue weighted by molar-refractivity contribution is 7.89. The van der Waals surface area contributed by atoms with Crippen LogP contribution in [0.2, 0.25) is 0 Å². The maximum atomic E-state index is 12.9. The number of amides is 1. The van der Waals surface area contributed by atoms with Crippen LogP contribution in [-0.2, 0) is 20.2 Å². The number of anilines is 1. The molecule has 1 heterocycles. The Labute approximate surface area is 200 Å².